The van der Waals surface area contributed by atoms with Crippen LogP contribution in [-0.4, -0.2) is 5.11 Å². The van der Waals surface area contributed by atoms with E-state index in [1.54, 1.807) is 13.0 Å². The SMILES string of the molecule is Cc1cc(F)c(O)c([C@H](N)C2CCC2)c1. The van der Waals surface area contributed by atoms with E-state index in [1.807, 2.05) is 0 Å². The van der Waals surface area contributed by atoms with E-state index in [0.29, 0.717) is 11.5 Å². The number of aromatic hydroxyl groups is 1. The zero-order valence-corrected chi connectivity index (χ0v) is 8.83. The number of aryl methyl sites for hydroxylation is 1. The van der Waals surface area contributed by atoms with Crippen LogP contribution < -0.4 is 5.73 Å². The summed E-state index contributed by atoms with van der Waals surface area (Å²) in [5, 5.41) is 9.61. The van der Waals surface area contributed by atoms with Crippen molar-refractivity contribution in [3.63, 3.8) is 0 Å². The van der Waals surface area contributed by atoms with Gasteiger partial charge < -0.3 is 10.8 Å². The standard InChI is InChI=1S/C12H16FNO/c1-7-5-9(12(15)10(13)6-7)11(14)8-3-2-4-8/h5-6,8,11,15H,2-4,14H2,1H3/t11-/m1/s1. The van der Waals surface area contributed by atoms with Crippen molar-refractivity contribution < 1.29 is 9.50 Å². The number of rotatable bonds is 2. The molecule has 0 radical (unpaired) electrons. The molecule has 1 aromatic rings. The molecule has 1 aliphatic rings. The average Bonchev–Trinajstić information content (AvgIpc) is 2.08. The molecule has 1 aliphatic carbocycles. The lowest BCUT2D eigenvalue weighted by Crippen LogP contribution is -2.27. The Balaban J connectivity index is 2.33. The van der Waals surface area contributed by atoms with E-state index in [1.165, 1.54) is 12.5 Å². The summed E-state index contributed by atoms with van der Waals surface area (Å²) < 4.78 is 13.3. The van der Waals surface area contributed by atoms with Crippen LogP contribution >= 0.6 is 0 Å². The van der Waals surface area contributed by atoms with Crippen LogP contribution in [0.25, 0.3) is 0 Å². The lowest BCUT2D eigenvalue weighted by molar-refractivity contribution is 0.259. The Bertz CT molecular complexity index is 374. The summed E-state index contributed by atoms with van der Waals surface area (Å²) in [5.74, 6) is -0.447. The Morgan fingerprint density at radius 2 is 2.13 bits per heavy atom. The molecule has 3 N–H and O–H groups in total. The van der Waals surface area contributed by atoms with E-state index in [4.69, 9.17) is 5.73 Å². The highest BCUT2D eigenvalue weighted by Crippen LogP contribution is 2.39. The van der Waals surface area contributed by atoms with E-state index < -0.39 is 5.82 Å². The van der Waals surface area contributed by atoms with Crippen LogP contribution in [0.4, 0.5) is 4.39 Å². The smallest absolute Gasteiger partial charge is 0.165 e. The number of halogens is 1. The Kier molecular flexibility index (Phi) is 2.65. The van der Waals surface area contributed by atoms with Gasteiger partial charge in [0.1, 0.15) is 0 Å². The molecular formula is C12H16FNO. The zero-order chi connectivity index (χ0) is 11.0. The maximum atomic E-state index is 13.3. The third-order valence-electron chi connectivity index (χ3n) is 3.25. The second-order valence-corrected chi connectivity index (χ2v) is 4.40. The zero-order valence-electron chi connectivity index (χ0n) is 8.83. The molecule has 2 nitrogen and oxygen atoms in total. The van der Waals surface area contributed by atoms with E-state index in [9.17, 15) is 9.50 Å². The van der Waals surface area contributed by atoms with Crippen molar-refractivity contribution in [2.24, 2.45) is 11.7 Å². The number of phenolic OH excluding ortho intramolecular Hbond substituents is 1. The van der Waals surface area contributed by atoms with E-state index >= 15 is 0 Å². The van der Waals surface area contributed by atoms with Crippen LogP contribution in [0, 0.1) is 18.7 Å². The minimum Gasteiger partial charge on any atom is -0.505 e. The second kappa shape index (κ2) is 3.81. The van der Waals surface area contributed by atoms with Crippen molar-refractivity contribution in [3.8, 4) is 5.75 Å². The first-order valence-electron chi connectivity index (χ1n) is 5.34. The fourth-order valence-corrected chi connectivity index (χ4v) is 2.07. The predicted octanol–water partition coefficient (Wildman–Crippen LogP) is 2.64. The lowest BCUT2D eigenvalue weighted by Gasteiger charge is -2.31. The maximum absolute atomic E-state index is 13.3. The van der Waals surface area contributed by atoms with E-state index in [2.05, 4.69) is 0 Å². The summed E-state index contributed by atoms with van der Waals surface area (Å²) in [6.45, 7) is 1.81. The monoisotopic (exact) mass is 209 g/mol. The van der Waals surface area contributed by atoms with Crippen molar-refractivity contribution in [2.45, 2.75) is 32.2 Å². The van der Waals surface area contributed by atoms with Gasteiger partial charge in [-0.2, -0.15) is 0 Å². The minimum atomic E-state index is -0.570. The quantitative estimate of drug-likeness (QED) is 0.786. The summed E-state index contributed by atoms with van der Waals surface area (Å²) in [6.07, 6.45) is 3.35. The van der Waals surface area contributed by atoms with E-state index in [0.717, 1.165) is 18.4 Å². The van der Waals surface area contributed by atoms with Gasteiger partial charge in [-0.1, -0.05) is 12.5 Å². The molecule has 1 atom stereocenters. The first kappa shape index (κ1) is 10.4. The highest BCUT2D eigenvalue weighted by Gasteiger charge is 2.28. The molecule has 1 aromatic carbocycles. The molecule has 0 amide bonds. The van der Waals surface area contributed by atoms with Crippen molar-refractivity contribution in [2.75, 3.05) is 0 Å². The Morgan fingerprint density at radius 1 is 1.47 bits per heavy atom. The van der Waals surface area contributed by atoms with Crippen molar-refractivity contribution in [1.82, 2.24) is 0 Å². The fraction of sp³-hybridized carbons (Fsp3) is 0.500. The molecule has 0 unspecified atom stereocenters. The molecule has 0 spiro atoms. The van der Waals surface area contributed by atoms with Gasteiger partial charge in [-0.05, 0) is 37.3 Å². The maximum Gasteiger partial charge on any atom is 0.165 e. The van der Waals surface area contributed by atoms with Gasteiger partial charge in [0, 0.05) is 11.6 Å². The largest absolute Gasteiger partial charge is 0.505 e. The molecule has 1 fully saturated rings. The Morgan fingerprint density at radius 3 is 2.67 bits per heavy atom. The van der Waals surface area contributed by atoms with Crippen LogP contribution in [0.5, 0.6) is 5.75 Å². The van der Waals surface area contributed by atoms with Crippen molar-refractivity contribution in [1.29, 1.82) is 0 Å². The third kappa shape index (κ3) is 1.84. The van der Waals surface area contributed by atoms with Crippen molar-refractivity contribution in [3.05, 3.63) is 29.1 Å². The molecule has 82 valence electrons. The molecule has 0 heterocycles. The van der Waals surface area contributed by atoms with Gasteiger partial charge in [0.15, 0.2) is 11.6 Å². The first-order valence-corrected chi connectivity index (χ1v) is 5.34. The van der Waals surface area contributed by atoms with Gasteiger partial charge >= 0.3 is 0 Å². The highest BCUT2D eigenvalue weighted by atomic mass is 19.1. The van der Waals surface area contributed by atoms with Crippen LogP contribution in [0.15, 0.2) is 12.1 Å². The third-order valence-corrected chi connectivity index (χ3v) is 3.25. The van der Waals surface area contributed by atoms with Gasteiger partial charge in [0.05, 0.1) is 0 Å². The summed E-state index contributed by atoms with van der Waals surface area (Å²) in [4.78, 5) is 0. The van der Waals surface area contributed by atoms with E-state index in [-0.39, 0.29) is 11.8 Å². The second-order valence-electron chi connectivity index (χ2n) is 4.40. The number of benzene rings is 1. The first-order chi connectivity index (χ1) is 7.09. The molecule has 2 rings (SSSR count). The Labute approximate surface area is 88.9 Å². The van der Waals surface area contributed by atoms with Gasteiger partial charge in [-0.3, -0.25) is 0 Å². The molecule has 3 heteroatoms. The predicted molar refractivity (Wildman–Crippen MR) is 57.1 cm³/mol. The number of hydrogen-bond acceptors (Lipinski definition) is 2. The Hall–Kier alpha value is -1.09. The molecule has 0 aliphatic heterocycles. The molecule has 1 saturated carbocycles. The fourth-order valence-electron chi connectivity index (χ4n) is 2.07. The molecule has 0 bridgehead atoms. The van der Waals surface area contributed by atoms with Crippen molar-refractivity contribution >= 4 is 0 Å². The summed E-state index contributed by atoms with van der Waals surface area (Å²) >= 11 is 0. The molecule has 15 heavy (non-hydrogen) atoms. The molecule has 0 aromatic heterocycles. The molecule has 0 saturated heterocycles. The van der Waals surface area contributed by atoms with Crippen LogP contribution in [-0.2, 0) is 0 Å². The van der Waals surface area contributed by atoms with Crippen LogP contribution in [0.3, 0.4) is 0 Å². The molecular weight excluding hydrogens is 193 g/mol. The minimum absolute atomic E-state index is 0.229. The topological polar surface area (TPSA) is 46.2 Å². The summed E-state index contributed by atoms with van der Waals surface area (Å²) in [6, 6.07) is 2.88. The van der Waals surface area contributed by atoms with Crippen LogP contribution in [0.1, 0.15) is 36.4 Å². The van der Waals surface area contributed by atoms with Gasteiger partial charge in [-0.15, -0.1) is 0 Å². The van der Waals surface area contributed by atoms with Gasteiger partial charge in [0.25, 0.3) is 0 Å². The summed E-state index contributed by atoms with van der Waals surface area (Å²) in [5.41, 5.74) is 7.37. The van der Waals surface area contributed by atoms with Crippen LogP contribution in [0.2, 0.25) is 0 Å². The van der Waals surface area contributed by atoms with Gasteiger partial charge in [-0.25, -0.2) is 4.39 Å². The normalized spacial score (nSPS) is 18.6. The average molecular weight is 209 g/mol. The number of phenols is 1. The number of hydrogen-bond donors (Lipinski definition) is 2. The highest BCUT2D eigenvalue weighted by molar-refractivity contribution is 5.39. The number of nitrogens with two attached hydrogens (primary N) is 1. The van der Waals surface area contributed by atoms with Gasteiger partial charge in [0.2, 0.25) is 0 Å². The lowest BCUT2D eigenvalue weighted by atomic mass is 9.77. The summed E-state index contributed by atoms with van der Waals surface area (Å²) in [7, 11) is 0.